The van der Waals surface area contributed by atoms with Gasteiger partial charge in [-0.25, -0.2) is 4.98 Å². The van der Waals surface area contributed by atoms with Crippen LogP contribution in [0.4, 0.5) is 5.82 Å². The lowest BCUT2D eigenvalue weighted by Crippen LogP contribution is -3.05. The second-order valence-corrected chi connectivity index (χ2v) is 8.06. The molecule has 2 aliphatic rings. The van der Waals surface area contributed by atoms with Crippen LogP contribution in [0.5, 0.6) is 0 Å². The van der Waals surface area contributed by atoms with Crippen LogP contribution in [0.1, 0.15) is 18.7 Å². The Labute approximate surface area is 189 Å². The Hall–Kier alpha value is -2.22. The summed E-state index contributed by atoms with van der Waals surface area (Å²) in [7, 11) is 0. The molecular formula is C24H29ClN4O2. The van der Waals surface area contributed by atoms with E-state index in [1.54, 1.807) is 0 Å². The molecule has 0 bridgehead atoms. The molecule has 5 rings (SSSR count). The molecule has 6 nitrogen and oxygen atoms in total. The van der Waals surface area contributed by atoms with E-state index in [1.165, 1.54) is 10.8 Å². The van der Waals surface area contributed by atoms with Crippen molar-refractivity contribution in [2.75, 3.05) is 50.8 Å². The molecule has 2 fully saturated rings. The first-order chi connectivity index (χ1) is 14.7. The number of rotatable bonds is 4. The van der Waals surface area contributed by atoms with Gasteiger partial charge in [0.25, 0.3) is 0 Å². The largest absolute Gasteiger partial charge is 0.632 e. The van der Waals surface area contributed by atoms with Crippen LogP contribution >= 0.6 is 12.4 Å². The summed E-state index contributed by atoms with van der Waals surface area (Å²) in [5.74, 6) is 1.07. The molecule has 0 aliphatic carbocycles. The van der Waals surface area contributed by atoms with Gasteiger partial charge in [-0.05, 0) is 30.1 Å². The number of hydrogen-bond acceptors (Lipinski definition) is 5. The summed E-state index contributed by atoms with van der Waals surface area (Å²) >= 11 is 0. The van der Waals surface area contributed by atoms with Crippen molar-refractivity contribution in [2.45, 2.75) is 13.2 Å². The van der Waals surface area contributed by atoms with Crippen molar-refractivity contribution >= 4 is 29.0 Å². The number of likely N-dealkylation sites (N-methyl/N-ethyl adjacent to an activating group) is 1. The molecule has 164 valence electrons. The quantitative estimate of drug-likeness (QED) is 0.632. The third-order valence-electron chi connectivity index (χ3n) is 6.27. The molecule has 2 saturated heterocycles. The van der Waals surface area contributed by atoms with Crippen molar-refractivity contribution < 1.29 is 9.80 Å². The predicted molar refractivity (Wildman–Crippen MR) is 127 cm³/mol. The third kappa shape index (κ3) is 4.40. The third-order valence-corrected chi connectivity index (χ3v) is 6.27. The smallest absolute Gasteiger partial charge is 0.218 e. The number of hydrogen-bond donors (Lipinski definition) is 1. The van der Waals surface area contributed by atoms with Crippen LogP contribution in [-0.4, -0.2) is 55.8 Å². The minimum Gasteiger partial charge on any atom is -0.632 e. The molecule has 7 heteroatoms. The van der Waals surface area contributed by atoms with Gasteiger partial charge in [-0.15, -0.1) is 12.4 Å². The van der Waals surface area contributed by atoms with E-state index in [0.29, 0.717) is 13.2 Å². The summed E-state index contributed by atoms with van der Waals surface area (Å²) in [6.45, 7) is 8.48. The summed E-state index contributed by atoms with van der Waals surface area (Å²) in [6.07, 6.45) is -0.408. The van der Waals surface area contributed by atoms with E-state index in [0.717, 1.165) is 55.4 Å². The number of pyridine rings is 1. The van der Waals surface area contributed by atoms with Crippen molar-refractivity contribution in [3.05, 3.63) is 65.4 Å². The van der Waals surface area contributed by atoms with E-state index < -0.39 is 6.23 Å². The van der Waals surface area contributed by atoms with Gasteiger partial charge in [0.2, 0.25) is 6.23 Å². The Morgan fingerprint density at radius 1 is 1.06 bits per heavy atom. The van der Waals surface area contributed by atoms with Crippen LogP contribution in [0.15, 0.2) is 54.6 Å². The van der Waals surface area contributed by atoms with Crippen LogP contribution in [0.2, 0.25) is 0 Å². The minimum absolute atomic E-state index is 0. The summed E-state index contributed by atoms with van der Waals surface area (Å²) in [5.41, 5.74) is 2.95. The van der Waals surface area contributed by atoms with Gasteiger partial charge in [0.15, 0.2) is 0 Å². The highest BCUT2D eigenvalue weighted by Crippen LogP contribution is 2.31. The fourth-order valence-electron chi connectivity index (χ4n) is 4.46. The number of ether oxygens (including phenoxy) is 1. The highest BCUT2D eigenvalue weighted by Gasteiger charge is 2.25. The normalized spacial score (nSPS) is 21.9. The molecule has 3 heterocycles. The zero-order chi connectivity index (χ0) is 20.5. The number of nitrogens with one attached hydrogen (secondary N) is 1. The molecule has 2 aromatic carbocycles. The molecule has 3 aromatic rings. The number of aromatic nitrogens is 1. The van der Waals surface area contributed by atoms with Gasteiger partial charge in [0.05, 0.1) is 5.69 Å². The van der Waals surface area contributed by atoms with Gasteiger partial charge in [0.1, 0.15) is 19.0 Å². The van der Waals surface area contributed by atoms with Gasteiger partial charge in [-0.1, -0.05) is 43.3 Å². The first-order valence-electron chi connectivity index (χ1n) is 10.8. The fraction of sp³-hybridized carbons (Fsp3) is 0.375. The maximum atomic E-state index is 12.0. The van der Waals surface area contributed by atoms with Crippen LogP contribution in [-0.2, 0) is 4.74 Å². The van der Waals surface area contributed by atoms with Gasteiger partial charge in [-0.2, -0.15) is 0 Å². The summed E-state index contributed by atoms with van der Waals surface area (Å²) in [6, 6.07) is 18.8. The standard InChI is InChI=1S/C24H28N4O2.ClH/c1-2-26-11-13-27(14-12-26)23-21-6-4-3-5-20(21)17-22(25-23)18-7-9-19(10-8-18)24-28(29)15-16-30-24;/h3-10,17,24,28H,2,11-16H2,1H3;1H. The van der Waals surface area contributed by atoms with Crippen molar-refractivity contribution in [1.82, 2.24) is 9.88 Å². The topological polar surface area (TPSA) is 56.1 Å². The molecule has 0 amide bonds. The van der Waals surface area contributed by atoms with Crippen LogP contribution in [0, 0.1) is 5.21 Å². The van der Waals surface area contributed by atoms with Crippen molar-refractivity contribution in [3.63, 3.8) is 0 Å². The SMILES string of the molecule is CCN1CCN(c2nc(-c3ccc(C4OCC[NH+]4[O-])cc3)cc3ccccc23)CC1.Cl. The number of benzene rings is 2. The maximum Gasteiger partial charge on any atom is 0.218 e. The lowest BCUT2D eigenvalue weighted by Gasteiger charge is -2.35. The maximum absolute atomic E-state index is 12.0. The Bertz CT molecular complexity index is 1020. The summed E-state index contributed by atoms with van der Waals surface area (Å²) < 4.78 is 5.60. The Morgan fingerprint density at radius 2 is 1.81 bits per heavy atom. The first kappa shape index (κ1) is 22.0. The van der Waals surface area contributed by atoms with Crippen molar-refractivity contribution in [1.29, 1.82) is 0 Å². The molecule has 2 unspecified atom stereocenters. The molecule has 0 radical (unpaired) electrons. The highest BCUT2D eigenvalue weighted by atomic mass is 35.5. The summed E-state index contributed by atoms with van der Waals surface area (Å²) in [5, 5.41) is 14.6. The lowest BCUT2D eigenvalue weighted by molar-refractivity contribution is -0.882. The van der Waals surface area contributed by atoms with Gasteiger partial charge >= 0.3 is 0 Å². The van der Waals surface area contributed by atoms with E-state index in [9.17, 15) is 5.21 Å². The molecular weight excluding hydrogens is 412 g/mol. The number of piperazine rings is 1. The zero-order valence-electron chi connectivity index (χ0n) is 17.8. The monoisotopic (exact) mass is 440 g/mol. The average Bonchev–Trinajstić information content (AvgIpc) is 3.24. The number of fused-ring (bicyclic) bond motifs is 1. The second-order valence-electron chi connectivity index (χ2n) is 8.06. The highest BCUT2D eigenvalue weighted by molar-refractivity contribution is 5.95. The van der Waals surface area contributed by atoms with E-state index in [-0.39, 0.29) is 17.5 Å². The molecule has 2 atom stereocenters. The van der Waals surface area contributed by atoms with E-state index >= 15 is 0 Å². The molecule has 0 saturated carbocycles. The number of halogens is 1. The van der Waals surface area contributed by atoms with Gasteiger partial charge in [-0.3, -0.25) is 0 Å². The predicted octanol–water partition coefficient (Wildman–Crippen LogP) is 2.88. The number of quaternary nitrogens is 1. The van der Waals surface area contributed by atoms with E-state index in [1.807, 2.05) is 12.1 Å². The Kier molecular flexibility index (Phi) is 6.74. The lowest BCUT2D eigenvalue weighted by atomic mass is 10.0. The Balaban J connectivity index is 0.00000231. The fourth-order valence-corrected chi connectivity index (χ4v) is 4.46. The minimum atomic E-state index is -0.408. The molecule has 31 heavy (non-hydrogen) atoms. The van der Waals surface area contributed by atoms with Gasteiger partial charge in [0, 0.05) is 42.7 Å². The second kappa shape index (κ2) is 9.51. The van der Waals surface area contributed by atoms with Gasteiger partial charge < -0.3 is 24.8 Å². The van der Waals surface area contributed by atoms with E-state index in [4.69, 9.17) is 9.72 Å². The zero-order valence-corrected chi connectivity index (χ0v) is 18.6. The number of anilines is 1. The average molecular weight is 441 g/mol. The number of hydroxylamine groups is 2. The van der Waals surface area contributed by atoms with Crippen LogP contribution < -0.4 is 9.96 Å². The van der Waals surface area contributed by atoms with Crippen LogP contribution in [0.25, 0.3) is 22.0 Å². The molecule has 1 aromatic heterocycles. The van der Waals surface area contributed by atoms with Crippen molar-refractivity contribution in [3.8, 4) is 11.3 Å². The summed E-state index contributed by atoms with van der Waals surface area (Å²) in [4.78, 5) is 9.99. The van der Waals surface area contributed by atoms with Crippen molar-refractivity contribution in [2.24, 2.45) is 0 Å². The molecule has 2 aliphatic heterocycles. The molecule has 1 N–H and O–H groups in total. The first-order valence-corrected chi connectivity index (χ1v) is 10.8. The molecule has 0 spiro atoms. The van der Waals surface area contributed by atoms with Crippen LogP contribution in [0.3, 0.4) is 0 Å². The van der Waals surface area contributed by atoms with E-state index in [2.05, 4.69) is 59.2 Å². The Morgan fingerprint density at radius 3 is 2.48 bits per heavy atom. The number of nitrogens with zero attached hydrogens (tertiary/aromatic N) is 3.